The smallest absolute Gasteiger partial charge is 0.219 e. The number of hydrogen-bond acceptors (Lipinski definition) is 3. The van der Waals surface area contributed by atoms with Gasteiger partial charge in [-0.3, -0.25) is 4.79 Å². The SMILES string of the molecule is CC(=O)N1CCCC(c2ccnc(C)n2)C1. The molecule has 1 aromatic rings. The molecule has 0 spiro atoms. The Bertz CT molecular complexity index is 392. The van der Waals surface area contributed by atoms with Gasteiger partial charge < -0.3 is 4.90 Å². The first-order chi connectivity index (χ1) is 7.66. The maximum absolute atomic E-state index is 11.3. The van der Waals surface area contributed by atoms with E-state index in [1.165, 1.54) is 0 Å². The lowest BCUT2D eigenvalue weighted by molar-refractivity contribution is -0.130. The minimum absolute atomic E-state index is 0.162. The van der Waals surface area contributed by atoms with E-state index in [4.69, 9.17) is 0 Å². The van der Waals surface area contributed by atoms with Gasteiger partial charge in [0.25, 0.3) is 0 Å². The lowest BCUT2D eigenvalue weighted by Crippen LogP contribution is -2.37. The minimum Gasteiger partial charge on any atom is -0.342 e. The molecule has 0 aromatic carbocycles. The van der Waals surface area contributed by atoms with Gasteiger partial charge in [0.05, 0.1) is 0 Å². The first-order valence-electron chi connectivity index (χ1n) is 5.72. The Morgan fingerprint density at radius 2 is 2.38 bits per heavy atom. The number of amides is 1. The molecule has 1 unspecified atom stereocenters. The highest BCUT2D eigenvalue weighted by Gasteiger charge is 2.23. The van der Waals surface area contributed by atoms with E-state index >= 15 is 0 Å². The molecule has 86 valence electrons. The summed E-state index contributed by atoms with van der Waals surface area (Å²) in [6.45, 7) is 5.21. The van der Waals surface area contributed by atoms with Crippen molar-refractivity contribution in [3.63, 3.8) is 0 Å². The Morgan fingerprint density at radius 3 is 3.06 bits per heavy atom. The minimum atomic E-state index is 0.162. The fourth-order valence-electron chi connectivity index (χ4n) is 2.21. The van der Waals surface area contributed by atoms with Crippen molar-refractivity contribution < 1.29 is 4.79 Å². The quantitative estimate of drug-likeness (QED) is 0.719. The average Bonchev–Trinajstić information content (AvgIpc) is 2.29. The van der Waals surface area contributed by atoms with Crippen molar-refractivity contribution in [3.05, 3.63) is 23.8 Å². The molecule has 2 rings (SSSR count). The molecular formula is C12H17N3O. The predicted molar refractivity (Wildman–Crippen MR) is 61.0 cm³/mol. The van der Waals surface area contributed by atoms with E-state index in [2.05, 4.69) is 9.97 Å². The largest absolute Gasteiger partial charge is 0.342 e. The van der Waals surface area contributed by atoms with Crippen LogP contribution in [0, 0.1) is 6.92 Å². The van der Waals surface area contributed by atoms with Gasteiger partial charge in [0.2, 0.25) is 5.91 Å². The highest BCUT2D eigenvalue weighted by Crippen LogP contribution is 2.25. The van der Waals surface area contributed by atoms with E-state index in [9.17, 15) is 4.79 Å². The highest BCUT2D eigenvalue weighted by molar-refractivity contribution is 5.73. The van der Waals surface area contributed by atoms with Crippen LogP contribution in [0.1, 0.15) is 37.2 Å². The van der Waals surface area contributed by atoms with Gasteiger partial charge >= 0.3 is 0 Å². The van der Waals surface area contributed by atoms with Crippen molar-refractivity contribution >= 4 is 5.91 Å². The number of nitrogens with zero attached hydrogens (tertiary/aromatic N) is 3. The van der Waals surface area contributed by atoms with Crippen LogP contribution in [0.25, 0.3) is 0 Å². The topological polar surface area (TPSA) is 46.1 Å². The third-order valence-corrected chi connectivity index (χ3v) is 3.08. The Hall–Kier alpha value is -1.45. The predicted octanol–water partition coefficient (Wildman–Crippen LogP) is 1.51. The maximum atomic E-state index is 11.3. The number of aryl methyl sites for hydroxylation is 1. The van der Waals surface area contributed by atoms with Crippen LogP contribution in [0.5, 0.6) is 0 Å². The summed E-state index contributed by atoms with van der Waals surface area (Å²) in [7, 11) is 0. The third-order valence-electron chi connectivity index (χ3n) is 3.08. The second kappa shape index (κ2) is 4.60. The fourth-order valence-corrected chi connectivity index (χ4v) is 2.21. The average molecular weight is 219 g/mol. The Balaban J connectivity index is 2.12. The zero-order valence-electron chi connectivity index (χ0n) is 9.81. The second-order valence-corrected chi connectivity index (χ2v) is 4.33. The zero-order valence-corrected chi connectivity index (χ0v) is 9.81. The third kappa shape index (κ3) is 2.38. The van der Waals surface area contributed by atoms with Crippen LogP contribution in [0.4, 0.5) is 0 Å². The molecular weight excluding hydrogens is 202 g/mol. The fraction of sp³-hybridized carbons (Fsp3) is 0.583. The van der Waals surface area contributed by atoms with Crippen molar-refractivity contribution in [2.75, 3.05) is 13.1 Å². The van der Waals surface area contributed by atoms with Crippen LogP contribution in [-0.4, -0.2) is 33.9 Å². The number of likely N-dealkylation sites (tertiary alicyclic amines) is 1. The second-order valence-electron chi connectivity index (χ2n) is 4.33. The molecule has 0 N–H and O–H groups in total. The number of hydrogen-bond donors (Lipinski definition) is 0. The number of rotatable bonds is 1. The number of carbonyl (C=O) groups is 1. The van der Waals surface area contributed by atoms with E-state index in [1.807, 2.05) is 17.9 Å². The molecule has 0 aliphatic carbocycles. The summed E-state index contributed by atoms with van der Waals surface area (Å²) in [6.07, 6.45) is 3.97. The molecule has 1 atom stereocenters. The van der Waals surface area contributed by atoms with Crippen molar-refractivity contribution in [1.29, 1.82) is 0 Å². The van der Waals surface area contributed by atoms with Crippen molar-refractivity contribution in [2.45, 2.75) is 32.6 Å². The monoisotopic (exact) mass is 219 g/mol. The summed E-state index contributed by atoms with van der Waals surface area (Å²) in [5.74, 6) is 1.34. The molecule has 1 fully saturated rings. The van der Waals surface area contributed by atoms with E-state index in [1.54, 1.807) is 13.1 Å². The van der Waals surface area contributed by atoms with Crippen LogP contribution in [0.15, 0.2) is 12.3 Å². The van der Waals surface area contributed by atoms with Crippen LogP contribution >= 0.6 is 0 Å². The molecule has 0 bridgehead atoms. The van der Waals surface area contributed by atoms with Crippen LogP contribution < -0.4 is 0 Å². The van der Waals surface area contributed by atoms with Crippen LogP contribution in [-0.2, 0) is 4.79 Å². The number of carbonyl (C=O) groups excluding carboxylic acids is 1. The normalized spacial score (nSPS) is 20.9. The lowest BCUT2D eigenvalue weighted by Gasteiger charge is -2.31. The Labute approximate surface area is 95.7 Å². The van der Waals surface area contributed by atoms with Gasteiger partial charge in [-0.2, -0.15) is 0 Å². The summed E-state index contributed by atoms with van der Waals surface area (Å²) < 4.78 is 0. The molecule has 4 heteroatoms. The molecule has 1 aromatic heterocycles. The molecule has 1 amide bonds. The highest BCUT2D eigenvalue weighted by atomic mass is 16.2. The molecule has 2 heterocycles. The van der Waals surface area contributed by atoms with E-state index < -0.39 is 0 Å². The number of piperidine rings is 1. The standard InChI is InChI=1S/C12H17N3O/c1-9-13-6-5-12(14-9)11-4-3-7-15(8-11)10(2)16/h5-6,11H,3-4,7-8H2,1-2H3. The first-order valence-corrected chi connectivity index (χ1v) is 5.72. The molecule has 0 radical (unpaired) electrons. The molecule has 1 aliphatic rings. The summed E-state index contributed by atoms with van der Waals surface area (Å²) in [5, 5.41) is 0. The van der Waals surface area contributed by atoms with Crippen molar-refractivity contribution in [1.82, 2.24) is 14.9 Å². The molecule has 1 aliphatic heterocycles. The van der Waals surface area contributed by atoms with E-state index in [0.717, 1.165) is 37.4 Å². The van der Waals surface area contributed by atoms with Crippen LogP contribution in [0.2, 0.25) is 0 Å². The van der Waals surface area contributed by atoms with Gasteiger partial charge in [0.1, 0.15) is 5.82 Å². The summed E-state index contributed by atoms with van der Waals surface area (Å²) >= 11 is 0. The van der Waals surface area contributed by atoms with Crippen molar-refractivity contribution in [3.8, 4) is 0 Å². The summed E-state index contributed by atoms with van der Waals surface area (Å²) in [6, 6.07) is 1.96. The molecule has 4 nitrogen and oxygen atoms in total. The van der Waals surface area contributed by atoms with Gasteiger partial charge in [-0.25, -0.2) is 9.97 Å². The van der Waals surface area contributed by atoms with Gasteiger partial charge in [0, 0.05) is 37.8 Å². The zero-order chi connectivity index (χ0) is 11.5. The first kappa shape index (κ1) is 11.0. The van der Waals surface area contributed by atoms with Crippen LogP contribution in [0.3, 0.4) is 0 Å². The van der Waals surface area contributed by atoms with Gasteiger partial charge in [-0.1, -0.05) is 0 Å². The molecule has 16 heavy (non-hydrogen) atoms. The molecule has 0 saturated carbocycles. The lowest BCUT2D eigenvalue weighted by atomic mass is 9.94. The van der Waals surface area contributed by atoms with Gasteiger partial charge in [-0.15, -0.1) is 0 Å². The maximum Gasteiger partial charge on any atom is 0.219 e. The Morgan fingerprint density at radius 1 is 1.56 bits per heavy atom. The Kier molecular flexibility index (Phi) is 3.17. The van der Waals surface area contributed by atoms with Gasteiger partial charge in [0.15, 0.2) is 0 Å². The number of aromatic nitrogens is 2. The molecule has 1 saturated heterocycles. The van der Waals surface area contributed by atoms with Gasteiger partial charge in [-0.05, 0) is 25.8 Å². The summed E-state index contributed by atoms with van der Waals surface area (Å²) in [5.41, 5.74) is 1.07. The summed E-state index contributed by atoms with van der Waals surface area (Å²) in [4.78, 5) is 21.8. The van der Waals surface area contributed by atoms with E-state index in [0.29, 0.717) is 5.92 Å². The van der Waals surface area contributed by atoms with E-state index in [-0.39, 0.29) is 5.91 Å². The van der Waals surface area contributed by atoms with Crippen molar-refractivity contribution in [2.24, 2.45) is 0 Å².